The lowest BCUT2D eigenvalue weighted by molar-refractivity contribution is -0.119. The predicted molar refractivity (Wildman–Crippen MR) is 69.9 cm³/mol. The zero-order valence-electron chi connectivity index (χ0n) is 11.2. The maximum absolute atomic E-state index is 11.5. The summed E-state index contributed by atoms with van der Waals surface area (Å²) in [5.74, 6) is 0.297. The van der Waals surface area contributed by atoms with E-state index in [2.05, 4.69) is 6.92 Å². The lowest BCUT2D eigenvalue weighted by Gasteiger charge is -2.08. The molecule has 1 atom stereocenters. The number of aliphatic hydroxyl groups is 2. The molecule has 1 unspecified atom stereocenters. The van der Waals surface area contributed by atoms with Gasteiger partial charge in [-0.15, -0.1) is 0 Å². The first-order valence-electron chi connectivity index (χ1n) is 7.01. The largest absolute Gasteiger partial charge is 0.396 e. The summed E-state index contributed by atoms with van der Waals surface area (Å²) in [4.78, 5) is 11.5. The van der Waals surface area contributed by atoms with Crippen LogP contribution in [0.1, 0.15) is 71.1 Å². The van der Waals surface area contributed by atoms with E-state index in [0.29, 0.717) is 18.6 Å². The fourth-order valence-electron chi connectivity index (χ4n) is 1.85. The highest BCUT2D eigenvalue weighted by Crippen LogP contribution is 2.10. The van der Waals surface area contributed by atoms with Crippen LogP contribution in [0.3, 0.4) is 0 Å². The molecule has 0 radical (unpaired) electrons. The second kappa shape index (κ2) is 12.1. The first-order chi connectivity index (χ1) is 8.20. The van der Waals surface area contributed by atoms with Crippen LogP contribution >= 0.6 is 0 Å². The topological polar surface area (TPSA) is 57.5 Å². The highest BCUT2D eigenvalue weighted by atomic mass is 16.3. The number of carbonyl (C=O) groups is 1. The normalized spacial score (nSPS) is 12.6. The molecular weight excluding hydrogens is 216 g/mol. The van der Waals surface area contributed by atoms with Crippen LogP contribution in [0, 0.1) is 0 Å². The molecule has 0 saturated carbocycles. The van der Waals surface area contributed by atoms with Gasteiger partial charge in [-0.05, 0) is 32.1 Å². The zero-order chi connectivity index (χ0) is 12.9. The minimum absolute atomic E-state index is 0.220. The monoisotopic (exact) mass is 244 g/mol. The van der Waals surface area contributed by atoms with Crippen LogP contribution in [-0.2, 0) is 4.79 Å². The van der Waals surface area contributed by atoms with E-state index in [9.17, 15) is 9.90 Å². The Balaban J connectivity index is 3.31. The van der Waals surface area contributed by atoms with Crippen molar-refractivity contribution in [3.8, 4) is 0 Å². The summed E-state index contributed by atoms with van der Waals surface area (Å²) in [5.41, 5.74) is 0. The number of rotatable bonds is 12. The summed E-state index contributed by atoms with van der Waals surface area (Å²) in [7, 11) is 0. The molecule has 0 spiro atoms. The van der Waals surface area contributed by atoms with Gasteiger partial charge in [0.15, 0.2) is 0 Å². The molecule has 0 aromatic carbocycles. The average Bonchev–Trinajstić information content (AvgIpc) is 2.32. The Morgan fingerprint density at radius 2 is 1.65 bits per heavy atom. The lowest BCUT2D eigenvalue weighted by atomic mass is 10.0. The highest BCUT2D eigenvalue weighted by molar-refractivity contribution is 5.78. The second-order valence-electron chi connectivity index (χ2n) is 4.76. The Morgan fingerprint density at radius 1 is 1.00 bits per heavy atom. The fourth-order valence-corrected chi connectivity index (χ4v) is 1.85. The highest BCUT2D eigenvalue weighted by Gasteiger charge is 2.06. The molecule has 0 bridgehead atoms. The van der Waals surface area contributed by atoms with Gasteiger partial charge in [-0.2, -0.15) is 0 Å². The van der Waals surface area contributed by atoms with Gasteiger partial charge >= 0.3 is 0 Å². The molecule has 0 aliphatic carbocycles. The van der Waals surface area contributed by atoms with E-state index in [-0.39, 0.29) is 12.7 Å². The molecule has 0 aromatic heterocycles. The number of unbranched alkanes of at least 4 members (excludes halogenated alkanes) is 3. The zero-order valence-corrected chi connectivity index (χ0v) is 11.2. The van der Waals surface area contributed by atoms with Crippen LogP contribution in [0.5, 0.6) is 0 Å². The van der Waals surface area contributed by atoms with E-state index in [1.165, 1.54) is 0 Å². The van der Waals surface area contributed by atoms with Crippen molar-refractivity contribution in [3.63, 3.8) is 0 Å². The van der Waals surface area contributed by atoms with Crippen molar-refractivity contribution in [1.29, 1.82) is 0 Å². The van der Waals surface area contributed by atoms with Crippen LogP contribution in [0.4, 0.5) is 0 Å². The molecule has 17 heavy (non-hydrogen) atoms. The minimum atomic E-state index is -0.225. The SMILES string of the molecule is CCCCC(O)CCCC(=O)CCCCCO. The van der Waals surface area contributed by atoms with E-state index >= 15 is 0 Å². The van der Waals surface area contributed by atoms with Gasteiger partial charge in [0.25, 0.3) is 0 Å². The summed E-state index contributed by atoms with van der Waals surface area (Å²) in [6.45, 7) is 2.33. The van der Waals surface area contributed by atoms with Crippen LogP contribution in [0.15, 0.2) is 0 Å². The second-order valence-corrected chi connectivity index (χ2v) is 4.76. The maximum Gasteiger partial charge on any atom is 0.132 e. The molecule has 3 nitrogen and oxygen atoms in total. The molecule has 0 aromatic rings. The van der Waals surface area contributed by atoms with E-state index in [0.717, 1.165) is 51.4 Å². The molecule has 0 fully saturated rings. The van der Waals surface area contributed by atoms with Crippen molar-refractivity contribution in [2.45, 2.75) is 77.2 Å². The van der Waals surface area contributed by atoms with Crippen molar-refractivity contribution in [3.05, 3.63) is 0 Å². The molecular formula is C14H28O3. The summed E-state index contributed by atoms with van der Waals surface area (Å²) in [6.07, 6.45) is 8.22. The number of ketones is 1. The summed E-state index contributed by atoms with van der Waals surface area (Å²) in [6, 6.07) is 0. The Morgan fingerprint density at radius 3 is 2.29 bits per heavy atom. The number of carbonyl (C=O) groups excluding carboxylic acids is 1. The first-order valence-corrected chi connectivity index (χ1v) is 7.01. The van der Waals surface area contributed by atoms with Gasteiger partial charge in [0.2, 0.25) is 0 Å². The fraction of sp³-hybridized carbons (Fsp3) is 0.929. The molecule has 0 aliphatic rings. The molecule has 0 heterocycles. The predicted octanol–water partition coefficient (Wildman–Crippen LogP) is 2.83. The van der Waals surface area contributed by atoms with Gasteiger partial charge in [-0.3, -0.25) is 4.79 Å². The van der Waals surface area contributed by atoms with Crippen molar-refractivity contribution in [2.75, 3.05) is 6.61 Å². The number of hydrogen-bond acceptors (Lipinski definition) is 3. The Kier molecular flexibility index (Phi) is 11.8. The van der Waals surface area contributed by atoms with Crippen molar-refractivity contribution in [1.82, 2.24) is 0 Å². The van der Waals surface area contributed by atoms with Crippen molar-refractivity contribution >= 4 is 5.78 Å². The number of hydrogen-bond donors (Lipinski definition) is 2. The van der Waals surface area contributed by atoms with E-state index in [1.807, 2.05) is 0 Å². The summed E-state index contributed by atoms with van der Waals surface area (Å²) in [5, 5.41) is 18.2. The Labute approximate surface area is 105 Å². The van der Waals surface area contributed by atoms with Gasteiger partial charge in [0, 0.05) is 19.4 Å². The van der Waals surface area contributed by atoms with Gasteiger partial charge in [-0.1, -0.05) is 26.2 Å². The first kappa shape index (κ1) is 16.6. The van der Waals surface area contributed by atoms with Crippen molar-refractivity contribution < 1.29 is 15.0 Å². The molecule has 102 valence electrons. The Hall–Kier alpha value is -0.410. The molecule has 3 heteroatoms. The third-order valence-electron chi connectivity index (χ3n) is 3.00. The van der Waals surface area contributed by atoms with Gasteiger partial charge < -0.3 is 10.2 Å². The van der Waals surface area contributed by atoms with E-state index < -0.39 is 0 Å². The summed E-state index contributed by atoms with van der Waals surface area (Å²) < 4.78 is 0. The van der Waals surface area contributed by atoms with Gasteiger partial charge in [0.1, 0.15) is 5.78 Å². The van der Waals surface area contributed by atoms with E-state index in [1.54, 1.807) is 0 Å². The quantitative estimate of drug-likeness (QED) is 0.519. The van der Waals surface area contributed by atoms with Crippen LogP contribution in [0.2, 0.25) is 0 Å². The average molecular weight is 244 g/mol. The third-order valence-corrected chi connectivity index (χ3v) is 3.00. The molecule has 0 aliphatic heterocycles. The number of aliphatic hydroxyl groups excluding tert-OH is 2. The summed E-state index contributed by atoms with van der Waals surface area (Å²) >= 11 is 0. The van der Waals surface area contributed by atoms with Crippen LogP contribution in [-0.4, -0.2) is 28.7 Å². The molecule has 2 N–H and O–H groups in total. The van der Waals surface area contributed by atoms with E-state index in [4.69, 9.17) is 5.11 Å². The molecule has 0 amide bonds. The van der Waals surface area contributed by atoms with Gasteiger partial charge in [-0.25, -0.2) is 0 Å². The lowest BCUT2D eigenvalue weighted by Crippen LogP contribution is -2.07. The maximum atomic E-state index is 11.5. The standard InChI is InChI=1S/C14H28O3/c1-2-3-8-13(16)10-7-11-14(17)9-5-4-6-12-15/h13,15-16H,2-12H2,1H3. The molecule has 0 saturated heterocycles. The third kappa shape index (κ3) is 11.8. The van der Waals surface area contributed by atoms with Gasteiger partial charge in [0.05, 0.1) is 6.10 Å². The Bertz CT molecular complexity index is 180. The van der Waals surface area contributed by atoms with Crippen molar-refractivity contribution in [2.24, 2.45) is 0 Å². The molecule has 0 rings (SSSR count). The van der Waals surface area contributed by atoms with Crippen LogP contribution < -0.4 is 0 Å². The number of Topliss-reactive ketones (excluding diaryl/α,β-unsaturated/α-hetero) is 1. The minimum Gasteiger partial charge on any atom is -0.396 e. The smallest absolute Gasteiger partial charge is 0.132 e. The van der Waals surface area contributed by atoms with Crippen LogP contribution in [0.25, 0.3) is 0 Å².